The Balaban J connectivity index is 1.39. The fourth-order valence-electron chi connectivity index (χ4n) is 3.85. The summed E-state index contributed by atoms with van der Waals surface area (Å²) in [6, 6.07) is 0.348. The van der Waals surface area contributed by atoms with Crippen LogP contribution >= 0.6 is 0 Å². The molecular formula is C19H29N5O2. The van der Waals surface area contributed by atoms with E-state index < -0.39 is 5.91 Å². The van der Waals surface area contributed by atoms with Gasteiger partial charge in [-0.15, -0.1) is 0 Å². The van der Waals surface area contributed by atoms with Gasteiger partial charge in [0, 0.05) is 17.8 Å². The molecule has 4 rings (SSSR count). The summed E-state index contributed by atoms with van der Waals surface area (Å²) >= 11 is 0. The number of ether oxygens (including phenoxy) is 1. The van der Waals surface area contributed by atoms with Crippen LogP contribution < -0.4 is 16.4 Å². The molecule has 3 aliphatic rings. The first kappa shape index (κ1) is 17.5. The van der Waals surface area contributed by atoms with Crippen molar-refractivity contribution in [2.24, 2.45) is 5.73 Å². The third-order valence-electron chi connectivity index (χ3n) is 5.85. The maximum atomic E-state index is 11.7. The highest BCUT2D eigenvalue weighted by atomic mass is 16.5. The summed E-state index contributed by atoms with van der Waals surface area (Å²) in [5, 5.41) is 6.83. The van der Waals surface area contributed by atoms with Crippen molar-refractivity contribution >= 4 is 17.7 Å². The normalized spacial score (nSPS) is 27.4. The Labute approximate surface area is 154 Å². The Kier molecular flexibility index (Phi) is 4.73. The zero-order valence-electron chi connectivity index (χ0n) is 15.5. The lowest BCUT2D eigenvalue weighted by Crippen LogP contribution is -2.42. The van der Waals surface area contributed by atoms with Crippen molar-refractivity contribution in [3.05, 3.63) is 11.8 Å². The molecule has 142 valence electrons. The summed E-state index contributed by atoms with van der Waals surface area (Å²) in [5.41, 5.74) is 5.84. The number of nitrogens with two attached hydrogens (primary N) is 1. The van der Waals surface area contributed by atoms with Gasteiger partial charge in [0.2, 0.25) is 5.95 Å². The Morgan fingerprint density at radius 2 is 1.85 bits per heavy atom. The standard InChI is InChI=1S/C19H29N5O2/c1-19(9-2-10-19)24-17-15(16(20)25)11-21-18(23-17)22-12-3-5-13(6-4-12)26-14-7-8-14/h11-14H,2-10H2,1H3,(H2,20,25)(H2,21,22,23,24). The lowest BCUT2D eigenvalue weighted by Gasteiger charge is -2.40. The van der Waals surface area contributed by atoms with Gasteiger partial charge in [-0.1, -0.05) is 0 Å². The number of carbonyl (C=O) groups is 1. The summed E-state index contributed by atoms with van der Waals surface area (Å²) in [4.78, 5) is 20.6. The van der Waals surface area contributed by atoms with E-state index in [-0.39, 0.29) is 5.54 Å². The van der Waals surface area contributed by atoms with Crippen molar-refractivity contribution in [1.29, 1.82) is 0 Å². The van der Waals surface area contributed by atoms with E-state index >= 15 is 0 Å². The smallest absolute Gasteiger partial charge is 0.254 e. The van der Waals surface area contributed by atoms with E-state index in [0.717, 1.165) is 38.5 Å². The monoisotopic (exact) mass is 359 g/mol. The van der Waals surface area contributed by atoms with E-state index in [1.165, 1.54) is 25.5 Å². The minimum absolute atomic E-state index is 0.00592. The summed E-state index contributed by atoms with van der Waals surface area (Å²) in [5.74, 6) is 0.606. The van der Waals surface area contributed by atoms with Crippen molar-refractivity contribution in [3.63, 3.8) is 0 Å². The summed E-state index contributed by atoms with van der Waals surface area (Å²) < 4.78 is 6.02. The van der Waals surface area contributed by atoms with Gasteiger partial charge < -0.3 is 21.1 Å². The van der Waals surface area contributed by atoms with Crippen molar-refractivity contribution in [3.8, 4) is 0 Å². The predicted molar refractivity (Wildman–Crippen MR) is 100 cm³/mol. The van der Waals surface area contributed by atoms with Gasteiger partial charge in [-0.2, -0.15) is 4.98 Å². The van der Waals surface area contributed by atoms with Gasteiger partial charge in [0.05, 0.1) is 17.8 Å². The van der Waals surface area contributed by atoms with E-state index in [9.17, 15) is 4.79 Å². The quantitative estimate of drug-likeness (QED) is 0.692. The average molecular weight is 359 g/mol. The van der Waals surface area contributed by atoms with Gasteiger partial charge in [-0.25, -0.2) is 4.98 Å². The number of rotatable bonds is 7. The molecular weight excluding hydrogens is 330 g/mol. The van der Waals surface area contributed by atoms with E-state index in [1.807, 2.05) is 0 Å². The Hall–Kier alpha value is -1.89. The number of nitrogens with one attached hydrogen (secondary N) is 2. The number of carbonyl (C=O) groups excluding carboxylic acids is 1. The highest BCUT2D eigenvalue weighted by Crippen LogP contribution is 2.35. The van der Waals surface area contributed by atoms with Crippen LogP contribution in [0.2, 0.25) is 0 Å². The molecule has 0 atom stereocenters. The van der Waals surface area contributed by atoms with Crippen LogP contribution in [0.1, 0.15) is 75.1 Å². The molecule has 1 amide bonds. The Bertz CT molecular complexity index is 664. The van der Waals surface area contributed by atoms with E-state index in [0.29, 0.717) is 35.6 Å². The van der Waals surface area contributed by atoms with Crippen LogP contribution in [0.25, 0.3) is 0 Å². The summed E-state index contributed by atoms with van der Waals surface area (Å²) in [6.07, 6.45) is 12.5. The molecule has 1 heterocycles. The second kappa shape index (κ2) is 7.02. The molecule has 1 aromatic rings. The van der Waals surface area contributed by atoms with Crippen LogP contribution in [0.4, 0.5) is 11.8 Å². The summed E-state index contributed by atoms with van der Waals surface area (Å²) in [6.45, 7) is 2.15. The number of aromatic nitrogens is 2. The second-order valence-corrected chi connectivity index (χ2v) is 8.31. The SMILES string of the molecule is CC1(Nc2nc(NC3CCC(OC4CC4)CC3)ncc2C(N)=O)CCC1. The van der Waals surface area contributed by atoms with Crippen LogP contribution in [0, 0.1) is 0 Å². The molecule has 7 heteroatoms. The maximum absolute atomic E-state index is 11.7. The molecule has 0 radical (unpaired) electrons. The summed E-state index contributed by atoms with van der Waals surface area (Å²) in [7, 11) is 0. The van der Waals surface area contributed by atoms with Crippen LogP contribution in [0.5, 0.6) is 0 Å². The third-order valence-corrected chi connectivity index (χ3v) is 5.85. The molecule has 4 N–H and O–H groups in total. The van der Waals surface area contributed by atoms with Gasteiger partial charge in [0.25, 0.3) is 5.91 Å². The molecule has 0 bridgehead atoms. The number of hydrogen-bond donors (Lipinski definition) is 3. The largest absolute Gasteiger partial charge is 0.375 e. The molecule has 0 aliphatic heterocycles. The zero-order valence-corrected chi connectivity index (χ0v) is 15.5. The molecule has 0 aromatic carbocycles. The van der Waals surface area contributed by atoms with E-state index in [1.54, 1.807) is 0 Å². The first-order valence-electron chi connectivity index (χ1n) is 9.88. The third kappa shape index (κ3) is 4.09. The molecule has 3 fully saturated rings. The maximum Gasteiger partial charge on any atom is 0.254 e. The van der Waals surface area contributed by atoms with Gasteiger partial charge in [0.1, 0.15) is 5.82 Å². The number of primary amides is 1. The fraction of sp³-hybridized carbons (Fsp3) is 0.737. The molecule has 7 nitrogen and oxygen atoms in total. The van der Waals surface area contributed by atoms with Crippen molar-refractivity contribution in [1.82, 2.24) is 9.97 Å². The van der Waals surface area contributed by atoms with Crippen LogP contribution in [0.3, 0.4) is 0 Å². The topological polar surface area (TPSA) is 102 Å². The van der Waals surface area contributed by atoms with E-state index in [4.69, 9.17) is 10.5 Å². The van der Waals surface area contributed by atoms with E-state index in [2.05, 4.69) is 27.5 Å². The average Bonchev–Trinajstić information content (AvgIpc) is 3.39. The van der Waals surface area contributed by atoms with Gasteiger partial charge in [0.15, 0.2) is 0 Å². The minimum atomic E-state index is -0.500. The van der Waals surface area contributed by atoms with Gasteiger partial charge in [-0.3, -0.25) is 4.79 Å². The second-order valence-electron chi connectivity index (χ2n) is 8.31. The number of anilines is 2. The first-order chi connectivity index (χ1) is 12.5. The van der Waals surface area contributed by atoms with Crippen molar-refractivity contribution < 1.29 is 9.53 Å². The molecule has 26 heavy (non-hydrogen) atoms. The van der Waals surface area contributed by atoms with Gasteiger partial charge in [-0.05, 0) is 64.7 Å². The van der Waals surface area contributed by atoms with Crippen LogP contribution in [0.15, 0.2) is 6.20 Å². The molecule has 1 aromatic heterocycles. The molecule has 0 spiro atoms. The fourth-order valence-corrected chi connectivity index (χ4v) is 3.85. The minimum Gasteiger partial charge on any atom is -0.375 e. The molecule has 0 saturated heterocycles. The number of nitrogens with zero attached hydrogens (tertiary/aromatic N) is 2. The lowest BCUT2D eigenvalue weighted by molar-refractivity contribution is 0.0146. The van der Waals surface area contributed by atoms with Gasteiger partial charge >= 0.3 is 0 Å². The predicted octanol–water partition coefficient (Wildman–Crippen LogP) is 2.83. The highest BCUT2D eigenvalue weighted by molar-refractivity contribution is 5.97. The van der Waals surface area contributed by atoms with Crippen LogP contribution in [-0.2, 0) is 4.74 Å². The lowest BCUT2D eigenvalue weighted by atomic mass is 9.78. The highest BCUT2D eigenvalue weighted by Gasteiger charge is 2.33. The molecule has 3 saturated carbocycles. The Morgan fingerprint density at radius 1 is 1.19 bits per heavy atom. The number of amides is 1. The molecule has 0 unspecified atom stereocenters. The molecule has 3 aliphatic carbocycles. The van der Waals surface area contributed by atoms with Crippen molar-refractivity contribution in [2.45, 2.75) is 88.5 Å². The zero-order chi connectivity index (χ0) is 18.1. The number of hydrogen-bond acceptors (Lipinski definition) is 6. The first-order valence-corrected chi connectivity index (χ1v) is 9.88. The van der Waals surface area contributed by atoms with Crippen LogP contribution in [-0.4, -0.2) is 39.7 Å². The Morgan fingerprint density at radius 3 is 2.38 bits per heavy atom. The van der Waals surface area contributed by atoms with Crippen molar-refractivity contribution in [2.75, 3.05) is 10.6 Å².